The topological polar surface area (TPSA) is 54.4 Å². The fraction of sp³-hybridized carbons (Fsp3) is 0.500. The summed E-state index contributed by atoms with van der Waals surface area (Å²) in [7, 11) is 0. The molecule has 0 amide bonds. The van der Waals surface area contributed by atoms with E-state index in [1.165, 1.54) is 6.08 Å². The van der Waals surface area contributed by atoms with Crippen molar-refractivity contribution in [2.24, 2.45) is 5.92 Å². The maximum absolute atomic E-state index is 11.0. The molecule has 0 fully saturated rings. The minimum Gasteiger partial charge on any atom is -0.478 e. The second kappa shape index (κ2) is 5.09. The third-order valence-electron chi connectivity index (χ3n) is 1.15. The van der Waals surface area contributed by atoms with Gasteiger partial charge in [0.1, 0.15) is 0 Å². The van der Waals surface area contributed by atoms with Crippen molar-refractivity contribution in [3.05, 3.63) is 11.6 Å². The Hall–Kier alpha value is -0.640. The Morgan fingerprint density at radius 2 is 2.00 bits per heavy atom. The number of hydrogen-bond acceptors (Lipinski definition) is 2. The van der Waals surface area contributed by atoms with Gasteiger partial charge in [0.15, 0.2) is 5.78 Å². The summed E-state index contributed by atoms with van der Waals surface area (Å²) in [6, 6.07) is 0. The Morgan fingerprint density at radius 3 is 2.25 bits per heavy atom. The molecule has 0 spiro atoms. The van der Waals surface area contributed by atoms with E-state index in [1.54, 1.807) is 0 Å². The standard InChI is InChI=1S/C8H11BrO3/c1-5(2)3-6(8(11)12)7(10)4-9/h3,5H,4H2,1-2H3,(H,11,12). The molecule has 0 bridgehead atoms. The van der Waals surface area contributed by atoms with Crippen molar-refractivity contribution < 1.29 is 14.7 Å². The molecule has 0 heterocycles. The third kappa shape index (κ3) is 3.67. The highest BCUT2D eigenvalue weighted by Crippen LogP contribution is 2.05. The Balaban J connectivity index is 4.67. The van der Waals surface area contributed by atoms with Gasteiger partial charge in [-0.3, -0.25) is 4.79 Å². The van der Waals surface area contributed by atoms with Crippen LogP contribution in [0.2, 0.25) is 0 Å². The number of ketones is 1. The highest BCUT2D eigenvalue weighted by Gasteiger charge is 2.15. The predicted molar refractivity (Wildman–Crippen MR) is 49.4 cm³/mol. The smallest absolute Gasteiger partial charge is 0.339 e. The minimum absolute atomic E-state index is 0.0534. The fourth-order valence-corrected chi connectivity index (χ4v) is 0.991. The Bertz CT molecular complexity index is 218. The lowest BCUT2D eigenvalue weighted by Crippen LogP contribution is -2.14. The fourth-order valence-electron chi connectivity index (χ4n) is 0.689. The zero-order chi connectivity index (χ0) is 9.72. The van der Waals surface area contributed by atoms with Gasteiger partial charge in [-0.25, -0.2) is 4.79 Å². The summed E-state index contributed by atoms with van der Waals surface area (Å²) >= 11 is 2.92. The number of hydrogen-bond donors (Lipinski definition) is 1. The summed E-state index contributed by atoms with van der Waals surface area (Å²) in [5.41, 5.74) is -0.137. The van der Waals surface area contributed by atoms with Crippen LogP contribution in [0.15, 0.2) is 11.6 Å². The van der Waals surface area contributed by atoms with E-state index in [9.17, 15) is 9.59 Å². The van der Waals surface area contributed by atoms with E-state index in [4.69, 9.17) is 5.11 Å². The zero-order valence-electron chi connectivity index (χ0n) is 7.00. The summed E-state index contributed by atoms with van der Waals surface area (Å²) in [6.07, 6.45) is 1.45. The van der Waals surface area contributed by atoms with Crippen LogP contribution in [0.3, 0.4) is 0 Å². The van der Waals surface area contributed by atoms with E-state index in [0.717, 1.165) is 0 Å². The summed E-state index contributed by atoms with van der Waals surface area (Å²) in [4.78, 5) is 21.5. The highest BCUT2D eigenvalue weighted by atomic mass is 79.9. The first-order chi connectivity index (χ1) is 5.49. The second-order valence-corrected chi connectivity index (χ2v) is 3.25. The quantitative estimate of drug-likeness (QED) is 0.348. The molecule has 4 heteroatoms. The lowest BCUT2D eigenvalue weighted by atomic mass is 10.1. The van der Waals surface area contributed by atoms with E-state index in [2.05, 4.69) is 15.9 Å². The molecule has 0 saturated carbocycles. The summed E-state index contributed by atoms with van der Waals surface area (Å²) in [5, 5.41) is 8.67. The number of carbonyl (C=O) groups is 2. The van der Waals surface area contributed by atoms with Crippen molar-refractivity contribution in [3.8, 4) is 0 Å². The number of halogens is 1. The van der Waals surface area contributed by atoms with Gasteiger partial charge in [0, 0.05) is 0 Å². The Morgan fingerprint density at radius 1 is 1.50 bits per heavy atom. The van der Waals surface area contributed by atoms with Gasteiger partial charge in [0.2, 0.25) is 0 Å². The number of carbonyl (C=O) groups excluding carboxylic acids is 1. The molecule has 3 nitrogen and oxygen atoms in total. The lowest BCUT2D eigenvalue weighted by molar-refractivity contribution is -0.134. The molecule has 0 aromatic heterocycles. The molecule has 12 heavy (non-hydrogen) atoms. The first-order valence-corrected chi connectivity index (χ1v) is 4.65. The van der Waals surface area contributed by atoms with Gasteiger partial charge >= 0.3 is 5.97 Å². The first kappa shape index (κ1) is 11.4. The molecule has 0 rings (SSSR count). The average molecular weight is 235 g/mol. The molecule has 0 atom stereocenters. The molecule has 0 aromatic rings. The molecule has 0 aliphatic rings. The van der Waals surface area contributed by atoms with Crippen molar-refractivity contribution in [1.82, 2.24) is 0 Å². The summed E-state index contributed by atoms with van der Waals surface area (Å²) in [5.74, 6) is -1.48. The maximum Gasteiger partial charge on any atom is 0.339 e. The Kier molecular flexibility index (Phi) is 4.81. The Labute approximate surface area is 79.6 Å². The van der Waals surface area contributed by atoms with Gasteiger partial charge in [-0.1, -0.05) is 35.9 Å². The lowest BCUT2D eigenvalue weighted by Gasteiger charge is -2.00. The molecule has 1 N–H and O–H groups in total. The van der Waals surface area contributed by atoms with Gasteiger partial charge in [-0.2, -0.15) is 0 Å². The summed E-state index contributed by atoms with van der Waals surface area (Å²) in [6.45, 7) is 3.65. The van der Waals surface area contributed by atoms with Gasteiger partial charge in [0.05, 0.1) is 10.9 Å². The van der Waals surface area contributed by atoms with E-state index in [1.807, 2.05) is 13.8 Å². The van der Waals surface area contributed by atoms with Crippen LogP contribution >= 0.6 is 15.9 Å². The minimum atomic E-state index is -1.16. The highest BCUT2D eigenvalue weighted by molar-refractivity contribution is 9.09. The van der Waals surface area contributed by atoms with Crippen molar-refractivity contribution in [2.45, 2.75) is 13.8 Å². The number of aliphatic carboxylic acids is 1. The molecular weight excluding hydrogens is 224 g/mol. The van der Waals surface area contributed by atoms with Crippen LogP contribution in [0.25, 0.3) is 0 Å². The van der Waals surface area contributed by atoms with Crippen molar-refractivity contribution >= 4 is 27.7 Å². The van der Waals surface area contributed by atoms with Gasteiger partial charge in [0.25, 0.3) is 0 Å². The van der Waals surface area contributed by atoms with E-state index < -0.39 is 11.8 Å². The van der Waals surface area contributed by atoms with Crippen LogP contribution in [0.4, 0.5) is 0 Å². The molecule has 0 saturated heterocycles. The predicted octanol–water partition coefficient (Wildman–Crippen LogP) is 1.62. The van der Waals surface area contributed by atoms with Crippen LogP contribution in [0.1, 0.15) is 13.8 Å². The van der Waals surface area contributed by atoms with E-state index in [0.29, 0.717) is 0 Å². The normalized spacial score (nSPS) is 11.8. The molecule has 68 valence electrons. The maximum atomic E-state index is 11.0. The van der Waals surface area contributed by atoms with Crippen LogP contribution in [-0.2, 0) is 9.59 Å². The molecule has 0 aromatic carbocycles. The first-order valence-electron chi connectivity index (χ1n) is 3.53. The van der Waals surface area contributed by atoms with Crippen LogP contribution in [0.5, 0.6) is 0 Å². The number of carboxylic acid groups (broad SMARTS) is 1. The van der Waals surface area contributed by atoms with Crippen molar-refractivity contribution in [2.75, 3.05) is 5.33 Å². The van der Waals surface area contributed by atoms with Crippen LogP contribution in [-0.4, -0.2) is 22.2 Å². The molecule has 0 aliphatic carbocycles. The molecule has 0 unspecified atom stereocenters. The number of carboxylic acids is 1. The van der Waals surface area contributed by atoms with Crippen molar-refractivity contribution in [1.29, 1.82) is 0 Å². The number of allylic oxidation sites excluding steroid dienone is 1. The number of rotatable bonds is 4. The molecule has 0 aliphatic heterocycles. The SMILES string of the molecule is CC(C)C=C(C(=O)O)C(=O)CBr. The van der Waals surface area contributed by atoms with Gasteiger partial charge < -0.3 is 5.11 Å². The third-order valence-corrected chi connectivity index (χ3v) is 1.66. The monoisotopic (exact) mass is 234 g/mol. The van der Waals surface area contributed by atoms with Crippen LogP contribution < -0.4 is 0 Å². The van der Waals surface area contributed by atoms with Gasteiger partial charge in [-0.05, 0) is 5.92 Å². The number of Topliss-reactive ketones (excluding diaryl/α,β-unsaturated/α-hetero) is 1. The van der Waals surface area contributed by atoms with Gasteiger partial charge in [-0.15, -0.1) is 0 Å². The zero-order valence-corrected chi connectivity index (χ0v) is 8.59. The number of alkyl halides is 1. The van der Waals surface area contributed by atoms with Crippen molar-refractivity contribution in [3.63, 3.8) is 0 Å². The van der Waals surface area contributed by atoms with E-state index >= 15 is 0 Å². The second-order valence-electron chi connectivity index (χ2n) is 2.69. The molecule has 0 radical (unpaired) electrons. The van der Waals surface area contributed by atoms with Crippen LogP contribution in [0, 0.1) is 5.92 Å². The summed E-state index contributed by atoms with van der Waals surface area (Å²) < 4.78 is 0. The van der Waals surface area contributed by atoms with E-state index in [-0.39, 0.29) is 16.8 Å². The largest absolute Gasteiger partial charge is 0.478 e. The average Bonchev–Trinajstić information content (AvgIpc) is 1.98. The molecular formula is C8H11BrO3.